The summed E-state index contributed by atoms with van der Waals surface area (Å²) in [5.74, 6) is 0.0873. The average Bonchev–Trinajstić information content (AvgIpc) is 3.31. The summed E-state index contributed by atoms with van der Waals surface area (Å²) in [5.41, 5.74) is 3.67. The molecule has 4 nitrogen and oxygen atoms in total. The highest BCUT2D eigenvalue weighted by molar-refractivity contribution is 5.54. The summed E-state index contributed by atoms with van der Waals surface area (Å²) in [6.45, 7) is 9.31. The molecule has 1 spiro atoms. The van der Waals surface area contributed by atoms with E-state index in [-0.39, 0.29) is 11.3 Å². The van der Waals surface area contributed by atoms with Crippen LogP contribution in [0.25, 0.3) is 0 Å². The van der Waals surface area contributed by atoms with E-state index >= 15 is 0 Å². The quantitative estimate of drug-likeness (QED) is 0.599. The van der Waals surface area contributed by atoms with E-state index in [1.807, 2.05) is 0 Å². The van der Waals surface area contributed by atoms with Crippen LogP contribution < -0.4 is 0 Å². The first kappa shape index (κ1) is 22.8. The van der Waals surface area contributed by atoms with Crippen LogP contribution in [-0.4, -0.2) is 23.3 Å². The number of pyridine rings is 1. The maximum absolute atomic E-state index is 13.2. The van der Waals surface area contributed by atoms with Gasteiger partial charge in [0.2, 0.25) is 0 Å². The number of hydrogen-bond acceptors (Lipinski definition) is 4. The lowest BCUT2D eigenvalue weighted by Crippen LogP contribution is -2.33. The second kappa shape index (κ2) is 7.52. The molecule has 1 saturated heterocycles. The molecule has 3 heterocycles. The zero-order valence-corrected chi connectivity index (χ0v) is 19.4. The Balaban J connectivity index is 1.73. The van der Waals surface area contributed by atoms with Crippen LogP contribution in [0.5, 0.6) is 0 Å². The van der Waals surface area contributed by atoms with Gasteiger partial charge in [-0.2, -0.15) is 13.2 Å². The predicted molar refractivity (Wildman–Crippen MR) is 117 cm³/mol. The first-order valence-corrected chi connectivity index (χ1v) is 11.6. The Hall–Kier alpha value is -1.96. The number of aliphatic hydroxyl groups excluding tert-OH is 1. The smallest absolute Gasteiger partial charge is 0.388 e. The minimum absolute atomic E-state index is 0.0759. The van der Waals surface area contributed by atoms with E-state index < -0.39 is 29.5 Å². The van der Waals surface area contributed by atoms with E-state index in [0.717, 1.165) is 46.6 Å². The van der Waals surface area contributed by atoms with Gasteiger partial charge in [0.05, 0.1) is 18.3 Å². The van der Waals surface area contributed by atoms with Gasteiger partial charge in [-0.15, -0.1) is 0 Å². The topological polar surface area (TPSA) is 51.6 Å². The summed E-state index contributed by atoms with van der Waals surface area (Å²) in [4.78, 5) is 5.06. The van der Waals surface area contributed by atoms with Gasteiger partial charge in [0, 0.05) is 41.1 Å². The molecule has 1 fully saturated rings. The Bertz CT molecular complexity index is 1070. The fourth-order valence-corrected chi connectivity index (χ4v) is 5.79. The predicted octanol–water partition coefficient (Wildman–Crippen LogP) is 5.96. The third kappa shape index (κ3) is 3.69. The largest absolute Gasteiger partial charge is 0.416 e. The molecule has 3 atom stereocenters. The normalized spacial score (nSPS) is 28.4. The minimum Gasteiger partial charge on any atom is -0.388 e. The lowest BCUT2D eigenvalue weighted by atomic mass is 9.70. The number of rotatable bonds is 2. The highest BCUT2D eigenvalue weighted by atomic mass is 19.4. The van der Waals surface area contributed by atoms with E-state index in [1.165, 1.54) is 12.1 Å². The maximum atomic E-state index is 13.2. The standard InChI is InChI=1S/C26H30F3NO3/c1-14(2)22-20-21(19-17(30-22)11-24(3,4)12-18(19)31)25(9-10-32-13-25)33-23(20)15-5-7-16(8-6-15)26(27,28)29/h5-8,14,18,23,31H,9-13H2,1-4H3. The van der Waals surface area contributed by atoms with Crippen LogP contribution in [0.2, 0.25) is 0 Å². The van der Waals surface area contributed by atoms with Crippen molar-refractivity contribution in [3.05, 3.63) is 63.5 Å². The van der Waals surface area contributed by atoms with Crippen molar-refractivity contribution in [3.63, 3.8) is 0 Å². The van der Waals surface area contributed by atoms with Crippen molar-refractivity contribution < 1.29 is 27.8 Å². The monoisotopic (exact) mass is 461 g/mol. The zero-order valence-electron chi connectivity index (χ0n) is 19.4. The summed E-state index contributed by atoms with van der Waals surface area (Å²) in [6, 6.07) is 5.20. The van der Waals surface area contributed by atoms with Gasteiger partial charge in [-0.05, 0) is 41.9 Å². The van der Waals surface area contributed by atoms with Gasteiger partial charge in [-0.1, -0.05) is 39.8 Å². The van der Waals surface area contributed by atoms with Crippen molar-refractivity contribution in [2.45, 2.75) is 76.9 Å². The van der Waals surface area contributed by atoms with E-state index in [1.54, 1.807) is 0 Å². The number of aliphatic hydroxyl groups is 1. The molecule has 7 heteroatoms. The summed E-state index contributed by atoms with van der Waals surface area (Å²) in [7, 11) is 0. The van der Waals surface area contributed by atoms with E-state index in [0.29, 0.717) is 31.6 Å². The van der Waals surface area contributed by atoms with Gasteiger partial charge >= 0.3 is 6.18 Å². The highest BCUT2D eigenvalue weighted by Gasteiger charge is 2.53. The SMILES string of the molecule is CC(C)c1nc2c(c3c1C(c1ccc(C(F)(F)F)cc1)OC31CCOC1)C(O)CC(C)(C)C2. The third-order valence-corrected chi connectivity index (χ3v) is 7.24. The molecule has 3 unspecified atom stereocenters. The van der Waals surface area contributed by atoms with Gasteiger partial charge in [-0.25, -0.2) is 0 Å². The molecule has 33 heavy (non-hydrogen) atoms. The number of halogens is 3. The van der Waals surface area contributed by atoms with Crippen LogP contribution in [0.1, 0.15) is 97.9 Å². The van der Waals surface area contributed by atoms with Crippen LogP contribution in [0.15, 0.2) is 24.3 Å². The number of nitrogens with zero attached hydrogens (tertiary/aromatic N) is 1. The van der Waals surface area contributed by atoms with Crippen LogP contribution >= 0.6 is 0 Å². The van der Waals surface area contributed by atoms with Crippen LogP contribution in [-0.2, 0) is 27.7 Å². The van der Waals surface area contributed by atoms with Gasteiger partial charge in [0.15, 0.2) is 0 Å². The zero-order chi connectivity index (χ0) is 23.8. The van der Waals surface area contributed by atoms with Crippen LogP contribution in [0.3, 0.4) is 0 Å². The Kier molecular flexibility index (Phi) is 5.20. The average molecular weight is 462 g/mol. The molecule has 1 aromatic heterocycles. The van der Waals surface area contributed by atoms with Gasteiger partial charge in [0.1, 0.15) is 11.7 Å². The molecule has 0 saturated carbocycles. The summed E-state index contributed by atoms with van der Waals surface area (Å²) in [5, 5.41) is 11.3. The molecule has 1 aliphatic carbocycles. The summed E-state index contributed by atoms with van der Waals surface area (Å²) >= 11 is 0. The molecule has 3 aliphatic rings. The van der Waals surface area contributed by atoms with Gasteiger partial charge in [0.25, 0.3) is 0 Å². The van der Waals surface area contributed by atoms with E-state index in [2.05, 4.69) is 27.7 Å². The molecule has 1 aromatic carbocycles. The van der Waals surface area contributed by atoms with Crippen molar-refractivity contribution in [3.8, 4) is 0 Å². The van der Waals surface area contributed by atoms with Crippen molar-refractivity contribution in [2.75, 3.05) is 13.2 Å². The lowest BCUT2D eigenvalue weighted by molar-refractivity contribution is -0.137. The summed E-state index contributed by atoms with van der Waals surface area (Å²) < 4.78 is 51.9. The molecular weight excluding hydrogens is 431 g/mol. The molecule has 0 bridgehead atoms. The molecule has 2 aromatic rings. The Morgan fingerprint density at radius 1 is 1.12 bits per heavy atom. The van der Waals surface area contributed by atoms with Crippen molar-refractivity contribution in [1.82, 2.24) is 4.98 Å². The fourth-order valence-electron chi connectivity index (χ4n) is 5.79. The molecule has 1 N–H and O–H groups in total. The third-order valence-electron chi connectivity index (χ3n) is 7.24. The molecule has 5 rings (SSSR count). The Morgan fingerprint density at radius 2 is 1.82 bits per heavy atom. The Labute approximate surface area is 192 Å². The second-order valence-electron chi connectivity index (χ2n) is 10.8. The highest BCUT2D eigenvalue weighted by Crippen LogP contribution is 2.57. The number of hydrogen-bond donors (Lipinski definition) is 1. The van der Waals surface area contributed by atoms with Crippen molar-refractivity contribution in [2.24, 2.45) is 5.41 Å². The van der Waals surface area contributed by atoms with Crippen LogP contribution in [0, 0.1) is 5.41 Å². The van der Waals surface area contributed by atoms with Gasteiger partial charge < -0.3 is 14.6 Å². The second-order valence-corrected chi connectivity index (χ2v) is 10.8. The number of benzene rings is 1. The van der Waals surface area contributed by atoms with Crippen molar-refractivity contribution >= 4 is 0 Å². The van der Waals surface area contributed by atoms with Crippen LogP contribution in [0.4, 0.5) is 13.2 Å². The van der Waals surface area contributed by atoms with Crippen molar-refractivity contribution in [1.29, 1.82) is 0 Å². The van der Waals surface area contributed by atoms with E-state index in [9.17, 15) is 18.3 Å². The molecule has 2 aliphatic heterocycles. The molecular formula is C26H30F3NO3. The molecule has 178 valence electrons. The summed E-state index contributed by atoms with van der Waals surface area (Å²) in [6.07, 6.45) is -3.60. The fraction of sp³-hybridized carbons (Fsp3) is 0.577. The van der Waals surface area contributed by atoms with Gasteiger partial charge in [-0.3, -0.25) is 4.98 Å². The van der Waals surface area contributed by atoms with E-state index in [4.69, 9.17) is 14.5 Å². The molecule has 0 radical (unpaired) electrons. The maximum Gasteiger partial charge on any atom is 0.416 e. The molecule has 0 amide bonds. The number of alkyl halides is 3. The number of aromatic nitrogens is 1. The lowest BCUT2D eigenvalue weighted by Gasteiger charge is -2.37. The number of fused-ring (bicyclic) bond motifs is 4. The first-order chi connectivity index (χ1) is 15.4. The number of ether oxygens (including phenoxy) is 2. The first-order valence-electron chi connectivity index (χ1n) is 11.6. The Morgan fingerprint density at radius 3 is 2.39 bits per heavy atom. The minimum atomic E-state index is -4.39.